The molecule has 1 N–H and O–H groups in total. The van der Waals surface area contributed by atoms with E-state index < -0.39 is 10.8 Å². The largest absolute Gasteiger partial charge is 0.486 e. The summed E-state index contributed by atoms with van der Waals surface area (Å²) in [4.78, 5) is 0. The highest BCUT2D eigenvalue weighted by molar-refractivity contribution is 7.85. The van der Waals surface area contributed by atoms with Crippen LogP contribution in [0.25, 0.3) is 0 Å². The van der Waals surface area contributed by atoms with E-state index in [0.717, 1.165) is 29.9 Å². The zero-order valence-electron chi connectivity index (χ0n) is 12.5. The number of hydrogen-bond acceptors (Lipinski definition) is 4. The van der Waals surface area contributed by atoms with E-state index >= 15 is 0 Å². The molecule has 1 aromatic carbocycles. The van der Waals surface area contributed by atoms with Crippen molar-refractivity contribution in [2.75, 3.05) is 26.0 Å². The summed E-state index contributed by atoms with van der Waals surface area (Å²) in [6, 6.07) is 6.11. The standard InChI is InChI=1S/C16H23NO3S/c1-17-14(11-21(18)13-4-2-3-5-13)12-6-7-15-16(10-12)20-9-8-19-15/h6-7,10,13-14,17H,2-5,8-9,11H2,1H3. The van der Waals surface area contributed by atoms with Gasteiger partial charge in [0.25, 0.3) is 0 Å². The van der Waals surface area contributed by atoms with E-state index in [9.17, 15) is 4.21 Å². The van der Waals surface area contributed by atoms with Crippen LogP contribution in [0.3, 0.4) is 0 Å². The molecule has 0 aromatic heterocycles. The first-order chi connectivity index (χ1) is 10.3. The third-order valence-electron chi connectivity index (χ3n) is 4.32. The van der Waals surface area contributed by atoms with Crippen LogP contribution in [0.15, 0.2) is 18.2 Å². The molecule has 0 saturated heterocycles. The van der Waals surface area contributed by atoms with Gasteiger partial charge >= 0.3 is 0 Å². The number of hydrogen-bond donors (Lipinski definition) is 1. The van der Waals surface area contributed by atoms with Crippen LogP contribution in [-0.4, -0.2) is 35.5 Å². The third kappa shape index (κ3) is 3.40. The Balaban J connectivity index is 1.71. The van der Waals surface area contributed by atoms with Gasteiger partial charge in [0.05, 0.1) is 0 Å². The topological polar surface area (TPSA) is 47.6 Å². The molecule has 21 heavy (non-hydrogen) atoms. The Morgan fingerprint density at radius 2 is 1.95 bits per heavy atom. The van der Waals surface area contributed by atoms with Gasteiger partial charge in [-0.15, -0.1) is 0 Å². The summed E-state index contributed by atoms with van der Waals surface area (Å²) in [5.41, 5.74) is 1.12. The van der Waals surface area contributed by atoms with Gasteiger partial charge in [0.2, 0.25) is 0 Å². The van der Waals surface area contributed by atoms with Crippen molar-refractivity contribution in [3.05, 3.63) is 23.8 Å². The van der Waals surface area contributed by atoms with Crippen LogP contribution in [0.4, 0.5) is 0 Å². The van der Waals surface area contributed by atoms with E-state index in [4.69, 9.17) is 9.47 Å². The fourth-order valence-electron chi connectivity index (χ4n) is 3.07. The average molecular weight is 309 g/mol. The second-order valence-electron chi connectivity index (χ2n) is 5.70. The Labute approximate surface area is 128 Å². The first kappa shape index (κ1) is 14.9. The zero-order valence-corrected chi connectivity index (χ0v) is 13.3. The number of ether oxygens (including phenoxy) is 2. The van der Waals surface area contributed by atoms with Crippen molar-refractivity contribution in [3.63, 3.8) is 0 Å². The molecule has 4 nitrogen and oxygen atoms in total. The van der Waals surface area contributed by atoms with Gasteiger partial charge in [0, 0.05) is 27.8 Å². The first-order valence-corrected chi connectivity index (χ1v) is 9.10. The van der Waals surface area contributed by atoms with Crippen LogP contribution < -0.4 is 14.8 Å². The maximum Gasteiger partial charge on any atom is 0.161 e. The summed E-state index contributed by atoms with van der Waals surface area (Å²) in [6.07, 6.45) is 4.68. The SMILES string of the molecule is CNC(CS(=O)C1CCCC1)c1ccc2c(c1)OCCO2. The van der Waals surface area contributed by atoms with Crippen molar-refractivity contribution in [1.82, 2.24) is 5.32 Å². The predicted octanol–water partition coefficient (Wildman–Crippen LogP) is 2.41. The lowest BCUT2D eigenvalue weighted by molar-refractivity contribution is 0.171. The van der Waals surface area contributed by atoms with Gasteiger partial charge in [-0.2, -0.15) is 0 Å². The van der Waals surface area contributed by atoms with Crippen molar-refractivity contribution < 1.29 is 13.7 Å². The molecule has 1 fully saturated rings. The highest BCUT2D eigenvalue weighted by Crippen LogP contribution is 2.33. The molecule has 5 heteroatoms. The summed E-state index contributed by atoms with van der Waals surface area (Å²) in [6.45, 7) is 1.20. The van der Waals surface area contributed by atoms with Crippen LogP contribution in [0, 0.1) is 0 Å². The van der Waals surface area contributed by atoms with E-state index in [1.54, 1.807) is 0 Å². The lowest BCUT2D eigenvalue weighted by atomic mass is 10.1. The fourth-order valence-corrected chi connectivity index (χ4v) is 4.89. The summed E-state index contributed by atoms with van der Waals surface area (Å²) in [5, 5.41) is 3.68. The Kier molecular flexibility index (Phi) is 4.80. The second-order valence-corrected chi connectivity index (χ2v) is 7.46. The lowest BCUT2D eigenvalue weighted by Crippen LogP contribution is -2.26. The average Bonchev–Trinajstić information content (AvgIpc) is 3.06. The molecule has 1 heterocycles. The van der Waals surface area contributed by atoms with Crippen LogP contribution in [0.2, 0.25) is 0 Å². The number of fused-ring (bicyclic) bond motifs is 1. The minimum atomic E-state index is -0.762. The highest BCUT2D eigenvalue weighted by Gasteiger charge is 2.25. The molecule has 1 aliphatic carbocycles. The van der Waals surface area contributed by atoms with Crippen molar-refractivity contribution in [2.24, 2.45) is 0 Å². The van der Waals surface area contributed by atoms with Crippen molar-refractivity contribution in [1.29, 1.82) is 0 Å². The van der Waals surface area contributed by atoms with E-state index in [0.29, 0.717) is 24.2 Å². The Morgan fingerprint density at radius 3 is 2.67 bits per heavy atom. The third-order valence-corrected chi connectivity index (χ3v) is 6.20. The quantitative estimate of drug-likeness (QED) is 0.907. The van der Waals surface area contributed by atoms with E-state index in [-0.39, 0.29) is 6.04 Å². The first-order valence-electron chi connectivity index (χ1n) is 7.72. The predicted molar refractivity (Wildman–Crippen MR) is 84.5 cm³/mol. The van der Waals surface area contributed by atoms with Crippen molar-refractivity contribution >= 4 is 10.8 Å². The molecule has 2 unspecified atom stereocenters. The molecule has 116 valence electrons. The summed E-state index contributed by atoms with van der Waals surface area (Å²) in [7, 11) is 1.16. The molecule has 2 aliphatic rings. The number of benzene rings is 1. The van der Waals surface area contributed by atoms with Crippen molar-refractivity contribution in [2.45, 2.75) is 37.0 Å². The lowest BCUT2D eigenvalue weighted by Gasteiger charge is -2.22. The normalized spacial score (nSPS) is 21.2. The fraction of sp³-hybridized carbons (Fsp3) is 0.625. The van der Waals surface area contributed by atoms with E-state index in [1.165, 1.54) is 12.8 Å². The van der Waals surface area contributed by atoms with E-state index in [2.05, 4.69) is 5.32 Å². The molecule has 0 radical (unpaired) electrons. The van der Waals surface area contributed by atoms with Crippen LogP contribution in [0.5, 0.6) is 11.5 Å². The van der Waals surface area contributed by atoms with Crippen LogP contribution in [-0.2, 0) is 10.8 Å². The van der Waals surface area contributed by atoms with Crippen molar-refractivity contribution in [3.8, 4) is 11.5 Å². The molecule has 1 saturated carbocycles. The number of rotatable bonds is 5. The molecule has 0 spiro atoms. The van der Waals surface area contributed by atoms with Gasteiger partial charge in [0.15, 0.2) is 11.5 Å². The maximum absolute atomic E-state index is 12.5. The minimum absolute atomic E-state index is 0.0993. The summed E-state index contributed by atoms with van der Waals surface area (Å²) in [5.74, 6) is 2.27. The Hall–Kier alpha value is -1.07. The zero-order chi connectivity index (χ0) is 14.7. The summed E-state index contributed by atoms with van der Waals surface area (Å²) < 4.78 is 23.7. The Morgan fingerprint density at radius 1 is 1.24 bits per heavy atom. The maximum atomic E-state index is 12.5. The molecular formula is C16H23NO3S. The van der Waals surface area contributed by atoms with Gasteiger partial charge in [-0.1, -0.05) is 18.9 Å². The Bertz CT molecular complexity index is 514. The molecule has 2 atom stereocenters. The molecule has 1 aliphatic heterocycles. The highest BCUT2D eigenvalue weighted by atomic mass is 32.2. The molecule has 0 bridgehead atoms. The molecular weight excluding hydrogens is 286 g/mol. The van der Waals surface area contributed by atoms with Crippen LogP contribution >= 0.6 is 0 Å². The van der Waals surface area contributed by atoms with Gasteiger partial charge in [-0.3, -0.25) is 4.21 Å². The number of nitrogens with one attached hydrogen (secondary N) is 1. The second kappa shape index (κ2) is 6.79. The van der Waals surface area contributed by atoms with Crippen LogP contribution in [0.1, 0.15) is 37.3 Å². The molecule has 1 aromatic rings. The van der Waals surface area contributed by atoms with Gasteiger partial charge in [0.1, 0.15) is 13.2 Å². The van der Waals surface area contributed by atoms with Gasteiger partial charge < -0.3 is 14.8 Å². The minimum Gasteiger partial charge on any atom is -0.486 e. The van der Waals surface area contributed by atoms with Gasteiger partial charge in [-0.25, -0.2) is 0 Å². The molecule has 0 amide bonds. The van der Waals surface area contributed by atoms with Gasteiger partial charge in [-0.05, 0) is 37.6 Å². The smallest absolute Gasteiger partial charge is 0.161 e. The monoisotopic (exact) mass is 309 g/mol. The van der Waals surface area contributed by atoms with E-state index in [1.807, 2.05) is 25.2 Å². The summed E-state index contributed by atoms with van der Waals surface area (Å²) >= 11 is 0. The molecule has 3 rings (SSSR count).